The molecule has 228 valence electrons. The molecule has 11 nitrogen and oxygen atoms in total. The number of benzene rings is 3. The number of anilines is 1. The molecule has 0 amide bonds. The van der Waals surface area contributed by atoms with E-state index in [9.17, 15) is 10.2 Å². The molecule has 0 aliphatic carbocycles. The lowest BCUT2D eigenvalue weighted by Gasteiger charge is -2.41. The van der Waals surface area contributed by atoms with Crippen LogP contribution in [0.3, 0.4) is 0 Å². The number of methoxy groups -OCH3 is 2. The summed E-state index contributed by atoms with van der Waals surface area (Å²) in [6, 6.07) is 25.1. The van der Waals surface area contributed by atoms with Crippen molar-refractivity contribution < 1.29 is 29.2 Å². The smallest absolute Gasteiger partial charge is 0.167 e. The fourth-order valence-electron chi connectivity index (χ4n) is 5.94. The Bertz CT molecular complexity index is 1660. The van der Waals surface area contributed by atoms with E-state index in [-0.39, 0.29) is 18.8 Å². The predicted octanol–water partition coefficient (Wildman–Crippen LogP) is 3.83. The predicted molar refractivity (Wildman–Crippen MR) is 163 cm³/mol. The van der Waals surface area contributed by atoms with Crippen LogP contribution in [0.2, 0.25) is 0 Å². The first-order valence-corrected chi connectivity index (χ1v) is 14.3. The standard InChI is InChI=1S/C33H35N5O6/c1-21(39)32(27(40)17-28(44-32)38-20-37-29-30(34)35-19-36-31(29)38)18-43-33(22-7-5-4-6-8-22,23-9-13-25(41-2)14-10-23)24-11-15-26(42-3)16-12-24/h4-16,19-21,27-28,39-40H,17-18H2,1-3H3,(H2,34,35,36)/t21?,27-,28+,32-/m0/s1. The molecule has 1 saturated heterocycles. The highest BCUT2D eigenvalue weighted by molar-refractivity contribution is 5.81. The summed E-state index contributed by atoms with van der Waals surface area (Å²) in [5, 5.41) is 22.8. The summed E-state index contributed by atoms with van der Waals surface area (Å²) in [4.78, 5) is 12.7. The van der Waals surface area contributed by atoms with Gasteiger partial charge in [0.15, 0.2) is 11.5 Å². The van der Waals surface area contributed by atoms with E-state index in [1.165, 1.54) is 6.33 Å². The van der Waals surface area contributed by atoms with Crippen LogP contribution in [-0.4, -0.2) is 68.4 Å². The van der Waals surface area contributed by atoms with Gasteiger partial charge in [-0.05, 0) is 47.9 Å². The van der Waals surface area contributed by atoms with E-state index in [2.05, 4.69) is 15.0 Å². The van der Waals surface area contributed by atoms with Crippen LogP contribution < -0.4 is 15.2 Å². The lowest BCUT2D eigenvalue weighted by molar-refractivity contribution is -0.200. The van der Waals surface area contributed by atoms with Gasteiger partial charge in [0.05, 0.1) is 39.4 Å². The Kier molecular flexibility index (Phi) is 7.95. The van der Waals surface area contributed by atoms with E-state index in [0.29, 0.717) is 22.7 Å². The van der Waals surface area contributed by atoms with E-state index >= 15 is 0 Å². The van der Waals surface area contributed by atoms with Crippen molar-refractivity contribution in [2.24, 2.45) is 0 Å². The highest BCUT2D eigenvalue weighted by Crippen LogP contribution is 2.46. The quantitative estimate of drug-likeness (QED) is 0.203. The van der Waals surface area contributed by atoms with Gasteiger partial charge in [-0.3, -0.25) is 4.57 Å². The SMILES string of the molecule is COc1ccc(C(OC[C@@]2(C(C)O)O[C@@H](n3cnc4c(N)ncnc43)C[C@@H]2O)(c2ccccc2)c2ccc(OC)cc2)cc1. The molecule has 1 aliphatic heterocycles. The molecule has 3 aromatic carbocycles. The molecule has 0 bridgehead atoms. The minimum Gasteiger partial charge on any atom is -0.497 e. The number of aliphatic hydroxyl groups is 2. The fraction of sp³-hybridized carbons (Fsp3) is 0.303. The molecule has 44 heavy (non-hydrogen) atoms. The molecule has 3 heterocycles. The maximum Gasteiger partial charge on any atom is 0.167 e. The van der Waals surface area contributed by atoms with Crippen molar-refractivity contribution in [2.75, 3.05) is 26.6 Å². The second-order valence-electron chi connectivity index (χ2n) is 10.8. The van der Waals surface area contributed by atoms with Gasteiger partial charge in [-0.2, -0.15) is 0 Å². The maximum absolute atomic E-state index is 11.6. The highest BCUT2D eigenvalue weighted by atomic mass is 16.6. The van der Waals surface area contributed by atoms with Crippen LogP contribution in [-0.2, 0) is 15.1 Å². The number of hydrogen-bond acceptors (Lipinski definition) is 10. The first-order chi connectivity index (χ1) is 21.3. The Hall–Kier alpha value is -4.55. The van der Waals surface area contributed by atoms with Crippen molar-refractivity contribution >= 4 is 17.0 Å². The van der Waals surface area contributed by atoms with Gasteiger partial charge in [-0.1, -0.05) is 54.6 Å². The molecule has 4 N–H and O–H groups in total. The summed E-state index contributed by atoms with van der Waals surface area (Å²) >= 11 is 0. The number of nitrogens with zero attached hydrogens (tertiary/aromatic N) is 4. The number of fused-ring (bicyclic) bond motifs is 1. The molecular weight excluding hydrogens is 562 g/mol. The van der Waals surface area contributed by atoms with Gasteiger partial charge in [-0.25, -0.2) is 15.0 Å². The summed E-state index contributed by atoms with van der Waals surface area (Å²) in [7, 11) is 3.23. The Morgan fingerprint density at radius 1 is 0.932 bits per heavy atom. The second kappa shape index (κ2) is 11.9. The van der Waals surface area contributed by atoms with Crippen LogP contribution in [0, 0.1) is 0 Å². The Labute approximate surface area is 254 Å². The van der Waals surface area contributed by atoms with Gasteiger partial charge in [0.2, 0.25) is 0 Å². The van der Waals surface area contributed by atoms with Gasteiger partial charge in [-0.15, -0.1) is 0 Å². The number of aromatic nitrogens is 4. The van der Waals surface area contributed by atoms with Crippen LogP contribution in [0.1, 0.15) is 36.3 Å². The topological polar surface area (TPSA) is 147 Å². The number of hydrogen-bond donors (Lipinski definition) is 3. The lowest BCUT2D eigenvalue weighted by Crippen LogP contribution is -2.54. The Morgan fingerprint density at radius 3 is 2.09 bits per heavy atom. The second-order valence-corrected chi connectivity index (χ2v) is 10.8. The zero-order valence-electron chi connectivity index (χ0n) is 24.7. The third-order valence-corrected chi connectivity index (χ3v) is 8.44. The van der Waals surface area contributed by atoms with Gasteiger partial charge >= 0.3 is 0 Å². The zero-order chi connectivity index (χ0) is 30.9. The monoisotopic (exact) mass is 597 g/mol. The number of rotatable bonds is 10. The molecule has 1 fully saturated rings. The highest BCUT2D eigenvalue weighted by Gasteiger charge is 2.54. The average Bonchev–Trinajstić information content (AvgIpc) is 3.65. The summed E-state index contributed by atoms with van der Waals surface area (Å²) < 4.78 is 26.2. The fourth-order valence-corrected chi connectivity index (χ4v) is 5.94. The lowest BCUT2D eigenvalue weighted by atomic mass is 9.79. The van der Waals surface area contributed by atoms with Gasteiger partial charge in [0, 0.05) is 6.42 Å². The van der Waals surface area contributed by atoms with Crippen molar-refractivity contribution in [3.63, 3.8) is 0 Å². The van der Waals surface area contributed by atoms with Crippen molar-refractivity contribution in [3.05, 3.63) is 108 Å². The van der Waals surface area contributed by atoms with Crippen molar-refractivity contribution in [2.45, 2.75) is 43.0 Å². The summed E-state index contributed by atoms with van der Waals surface area (Å²) in [5.41, 5.74) is 6.69. The first kappa shape index (κ1) is 29.5. The molecule has 5 aromatic rings. The molecule has 0 radical (unpaired) electrons. The van der Waals surface area contributed by atoms with Gasteiger partial charge in [0.1, 0.15) is 40.8 Å². The zero-order valence-corrected chi connectivity index (χ0v) is 24.7. The number of imidazole rings is 1. The van der Waals surface area contributed by atoms with E-state index in [0.717, 1.165) is 16.7 Å². The minimum absolute atomic E-state index is 0.160. The van der Waals surface area contributed by atoms with Crippen molar-refractivity contribution in [1.29, 1.82) is 0 Å². The molecule has 11 heteroatoms. The number of nitrogen functional groups attached to an aromatic ring is 1. The average molecular weight is 598 g/mol. The van der Waals surface area contributed by atoms with E-state index in [1.807, 2.05) is 78.9 Å². The number of ether oxygens (including phenoxy) is 4. The summed E-state index contributed by atoms with van der Waals surface area (Å²) in [6.45, 7) is 1.42. The van der Waals surface area contributed by atoms with Crippen molar-refractivity contribution in [1.82, 2.24) is 19.5 Å². The molecule has 4 atom stereocenters. The van der Waals surface area contributed by atoms with Crippen LogP contribution in [0.5, 0.6) is 11.5 Å². The molecule has 6 rings (SSSR count). The molecule has 1 unspecified atom stereocenters. The molecule has 0 saturated carbocycles. The molecule has 1 aliphatic rings. The third kappa shape index (κ3) is 4.93. The Balaban J connectivity index is 1.45. The van der Waals surface area contributed by atoms with E-state index in [4.69, 9.17) is 24.7 Å². The minimum atomic E-state index is -1.50. The van der Waals surface area contributed by atoms with E-state index in [1.54, 1.807) is 32.0 Å². The van der Waals surface area contributed by atoms with Crippen LogP contribution in [0.25, 0.3) is 11.2 Å². The number of aliphatic hydroxyl groups excluding tert-OH is 2. The molecule has 2 aromatic heterocycles. The van der Waals surface area contributed by atoms with Crippen LogP contribution >= 0.6 is 0 Å². The van der Waals surface area contributed by atoms with E-state index < -0.39 is 29.6 Å². The summed E-state index contributed by atoms with van der Waals surface area (Å²) in [6.07, 6.45) is 0.156. The number of nitrogens with two attached hydrogens (primary N) is 1. The largest absolute Gasteiger partial charge is 0.497 e. The van der Waals surface area contributed by atoms with Gasteiger partial charge < -0.3 is 34.9 Å². The summed E-state index contributed by atoms with van der Waals surface area (Å²) in [5.74, 6) is 1.63. The normalized spacial score (nSPS) is 20.9. The van der Waals surface area contributed by atoms with Crippen LogP contribution in [0.15, 0.2) is 91.5 Å². The van der Waals surface area contributed by atoms with Gasteiger partial charge in [0.25, 0.3) is 0 Å². The molecule has 0 spiro atoms. The maximum atomic E-state index is 11.6. The Morgan fingerprint density at radius 2 is 1.52 bits per heavy atom. The van der Waals surface area contributed by atoms with Crippen LogP contribution in [0.4, 0.5) is 5.82 Å². The first-order valence-electron chi connectivity index (χ1n) is 14.3. The van der Waals surface area contributed by atoms with Crippen molar-refractivity contribution in [3.8, 4) is 11.5 Å². The third-order valence-electron chi connectivity index (χ3n) is 8.44. The molecular formula is C33H35N5O6.